The maximum Gasteiger partial charge on any atom is 0.244 e. The average molecular weight is 409 g/mol. The minimum atomic E-state index is 0.0238. The Hall–Kier alpha value is -3.09. The van der Waals surface area contributed by atoms with Crippen LogP contribution in [0.5, 0.6) is 0 Å². The van der Waals surface area contributed by atoms with E-state index in [4.69, 9.17) is 4.42 Å². The van der Waals surface area contributed by atoms with Gasteiger partial charge in [0.2, 0.25) is 11.8 Å². The van der Waals surface area contributed by atoms with Gasteiger partial charge < -0.3 is 14.6 Å². The van der Waals surface area contributed by atoms with Crippen LogP contribution in [0.15, 0.2) is 47.0 Å². The Kier molecular flexibility index (Phi) is 6.16. The Bertz CT molecular complexity index is 989. The molecule has 2 aromatic heterocycles. The highest BCUT2D eigenvalue weighted by Gasteiger charge is 2.24. The molecule has 0 saturated carbocycles. The van der Waals surface area contributed by atoms with E-state index in [0.717, 1.165) is 48.2 Å². The number of furan rings is 1. The molecule has 0 radical (unpaired) electrons. The molecule has 1 N–H and O–H groups in total. The zero-order valence-electron chi connectivity index (χ0n) is 17.3. The van der Waals surface area contributed by atoms with Crippen LogP contribution in [-0.4, -0.2) is 39.6 Å². The molecule has 3 heterocycles. The maximum atomic E-state index is 12.8. The number of nitrogens with one attached hydrogen (secondary N) is 1. The van der Waals surface area contributed by atoms with Crippen LogP contribution < -0.4 is 5.32 Å². The van der Waals surface area contributed by atoms with Gasteiger partial charge in [-0.15, -0.1) is 0 Å². The van der Waals surface area contributed by atoms with Gasteiger partial charge in [-0.1, -0.05) is 18.2 Å². The molecule has 3 aromatic rings. The largest absolute Gasteiger partial charge is 0.465 e. The summed E-state index contributed by atoms with van der Waals surface area (Å²) in [6, 6.07) is 11.6. The van der Waals surface area contributed by atoms with Crippen molar-refractivity contribution >= 4 is 22.7 Å². The SMILES string of the molecule is Cc1ccc(CNC(=O)CCC2CCCN(C(=O)Cn3cc4ccccc4n3)C2)o1. The molecule has 2 amide bonds. The quantitative estimate of drug-likeness (QED) is 0.651. The molecule has 158 valence electrons. The predicted octanol–water partition coefficient (Wildman–Crippen LogP) is 3.27. The van der Waals surface area contributed by atoms with Crippen molar-refractivity contribution in [3.05, 3.63) is 54.1 Å². The lowest BCUT2D eigenvalue weighted by molar-refractivity contribution is -0.133. The van der Waals surface area contributed by atoms with Crippen LogP contribution in [0.4, 0.5) is 0 Å². The molecule has 1 fully saturated rings. The van der Waals surface area contributed by atoms with Crippen molar-refractivity contribution in [1.29, 1.82) is 0 Å². The highest BCUT2D eigenvalue weighted by atomic mass is 16.3. The van der Waals surface area contributed by atoms with Crippen molar-refractivity contribution in [1.82, 2.24) is 20.0 Å². The number of benzene rings is 1. The number of nitrogens with zero attached hydrogens (tertiary/aromatic N) is 3. The van der Waals surface area contributed by atoms with E-state index >= 15 is 0 Å². The third kappa shape index (κ3) is 5.09. The van der Waals surface area contributed by atoms with E-state index < -0.39 is 0 Å². The smallest absolute Gasteiger partial charge is 0.244 e. The first-order valence-electron chi connectivity index (χ1n) is 10.6. The minimum absolute atomic E-state index is 0.0238. The number of hydrogen-bond donors (Lipinski definition) is 1. The zero-order valence-corrected chi connectivity index (χ0v) is 17.3. The van der Waals surface area contributed by atoms with Gasteiger partial charge >= 0.3 is 0 Å². The van der Waals surface area contributed by atoms with E-state index in [-0.39, 0.29) is 18.4 Å². The van der Waals surface area contributed by atoms with Crippen molar-refractivity contribution < 1.29 is 14.0 Å². The van der Waals surface area contributed by atoms with Crippen molar-refractivity contribution in [3.63, 3.8) is 0 Å². The molecule has 1 atom stereocenters. The number of hydrogen-bond acceptors (Lipinski definition) is 4. The molecule has 1 aliphatic rings. The number of aromatic nitrogens is 2. The fraction of sp³-hybridized carbons (Fsp3) is 0.435. The van der Waals surface area contributed by atoms with Crippen LogP contribution in [0, 0.1) is 12.8 Å². The lowest BCUT2D eigenvalue weighted by Gasteiger charge is -2.32. The molecule has 1 aliphatic heterocycles. The van der Waals surface area contributed by atoms with Gasteiger partial charge in [0.05, 0.1) is 12.1 Å². The molecule has 30 heavy (non-hydrogen) atoms. The fourth-order valence-corrected chi connectivity index (χ4v) is 4.05. The van der Waals surface area contributed by atoms with Gasteiger partial charge in [-0.3, -0.25) is 14.3 Å². The van der Waals surface area contributed by atoms with E-state index in [0.29, 0.717) is 25.4 Å². The van der Waals surface area contributed by atoms with Crippen LogP contribution in [0.1, 0.15) is 37.2 Å². The number of aryl methyl sites for hydroxylation is 1. The van der Waals surface area contributed by atoms with Crippen LogP contribution in [0.25, 0.3) is 10.9 Å². The number of amides is 2. The standard InChI is InChI=1S/C23H28N4O3/c1-17-8-10-20(30-17)13-24-22(28)11-9-18-5-4-12-26(14-18)23(29)16-27-15-19-6-2-3-7-21(19)25-27/h2-3,6-8,10,15,18H,4-5,9,11-14,16H2,1H3,(H,24,28). The molecular weight excluding hydrogens is 380 g/mol. The third-order valence-corrected chi connectivity index (χ3v) is 5.67. The number of piperidine rings is 1. The number of rotatable bonds is 7. The van der Waals surface area contributed by atoms with Crippen LogP contribution in [0.2, 0.25) is 0 Å². The highest BCUT2D eigenvalue weighted by molar-refractivity contribution is 5.80. The fourth-order valence-electron chi connectivity index (χ4n) is 4.05. The van der Waals surface area contributed by atoms with Crippen LogP contribution >= 0.6 is 0 Å². The molecule has 7 nitrogen and oxygen atoms in total. The van der Waals surface area contributed by atoms with E-state index in [1.807, 2.05) is 54.4 Å². The summed E-state index contributed by atoms with van der Waals surface area (Å²) in [6.07, 6.45) is 5.21. The molecule has 7 heteroatoms. The molecule has 1 unspecified atom stereocenters. The summed E-state index contributed by atoms with van der Waals surface area (Å²) in [6.45, 7) is 4.05. The molecule has 1 saturated heterocycles. The van der Waals surface area contributed by atoms with Crippen molar-refractivity contribution in [3.8, 4) is 0 Å². The van der Waals surface area contributed by atoms with Gasteiger partial charge in [0, 0.05) is 31.1 Å². The second-order valence-corrected chi connectivity index (χ2v) is 8.06. The van der Waals surface area contributed by atoms with E-state index in [1.165, 1.54) is 0 Å². The second-order valence-electron chi connectivity index (χ2n) is 8.06. The summed E-state index contributed by atoms with van der Waals surface area (Å²) in [5.74, 6) is 2.08. The van der Waals surface area contributed by atoms with Crippen molar-refractivity contribution in [2.45, 2.75) is 45.7 Å². The summed E-state index contributed by atoms with van der Waals surface area (Å²) < 4.78 is 7.19. The third-order valence-electron chi connectivity index (χ3n) is 5.67. The summed E-state index contributed by atoms with van der Waals surface area (Å²) in [5.41, 5.74) is 0.901. The minimum Gasteiger partial charge on any atom is -0.465 e. The summed E-state index contributed by atoms with van der Waals surface area (Å²) in [4.78, 5) is 26.8. The van der Waals surface area contributed by atoms with Gasteiger partial charge in [-0.05, 0) is 50.3 Å². The number of fused-ring (bicyclic) bond motifs is 1. The molecule has 0 aliphatic carbocycles. The Morgan fingerprint density at radius 3 is 2.90 bits per heavy atom. The van der Waals surface area contributed by atoms with Crippen LogP contribution in [-0.2, 0) is 22.7 Å². The molecule has 4 rings (SSSR count). The summed E-state index contributed by atoms with van der Waals surface area (Å²) in [5, 5.41) is 8.43. The van der Waals surface area contributed by atoms with Crippen LogP contribution in [0.3, 0.4) is 0 Å². The number of carbonyl (C=O) groups excluding carboxylic acids is 2. The van der Waals surface area contributed by atoms with Gasteiger partial charge in [0.15, 0.2) is 0 Å². The Balaban J connectivity index is 1.23. The zero-order chi connectivity index (χ0) is 20.9. The van der Waals surface area contributed by atoms with Gasteiger partial charge in [0.1, 0.15) is 18.1 Å². The molecular formula is C23H28N4O3. The van der Waals surface area contributed by atoms with E-state index in [9.17, 15) is 9.59 Å². The Morgan fingerprint density at radius 2 is 2.10 bits per heavy atom. The second kappa shape index (κ2) is 9.15. The van der Waals surface area contributed by atoms with E-state index in [2.05, 4.69) is 10.4 Å². The van der Waals surface area contributed by atoms with E-state index in [1.54, 1.807) is 4.68 Å². The first-order valence-corrected chi connectivity index (χ1v) is 10.6. The highest BCUT2D eigenvalue weighted by Crippen LogP contribution is 2.21. The Morgan fingerprint density at radius 1 is 1.23 bits per heavy atom. The molecule has 0 bridgehead atoms. The first-order chi connectivity index (χ1) is 14.6. The lowest BCUT2D eigenvalue weighted by Crippen LogP contribution is -2.41. The first kappa shape index (κ1) is 20.2. The maximum absolute atomic E-state index is 12.8. The number of likely N-dealkylation sites (tertiary alicyclic amines) is 1. The monoisotopic (exact) mass is 408 g/mol. The van der Waals surface area contributed by atoms with Crippen molar-refractivity contribution in [2.75, 3.05) is 13.1 Å². The average Bonchev–Trinajstić information content (AvgIpc) is 3.36. The van der Waals surface area contributed by atoms with Gasteiger partial charge in [-0.25, -0.2) is 0 Å². The molecule has 0 spiro atoms. The summed E-state index contributed by atoms with van der Waals surface area (Å²) >= 11 is 0. The van der Waals surface area contributed by atoms with Crippen molar-refractivity contribution in [2.24, 2.45) is 5.92 Å². The number of carbonyl (C=O) groups is 2. The summed E-state index contributed by atoms with van der Waals surface area (Å²) in [7, 11) is 0. The predicted molar refractivity (Wildman–Crippen MR) is 114 cm³/mol. The normalized spacial score (nSPS) is 16.7. The topological polar surface area (TPSA) is 80.4 Å². The molecule has 1 aromatic carbocycles. The Labute approximate surface area is 176 Å². The van der Waals surface area contributed by atoms with Gasteiger partial charge in [0.25, 0.3) is 0 Å². The van der Waals surface area contributed by atoms with Gasteiger partial charge in [-0.2, -0.15) is 5.10 Å². The lowest BCUT2D eigenvalue weighted by atomic mass is 9.93.